The van der Waals surface area contributed by atoms with Gasteiger partial charge >= 0.3 is 5.63 Å². The monoisotopic (exact) mass is 434 g/mol. The number of nitrogens with one attached hydrogen (secondary N) is 1. The number of fused-ring (bicyclic) bond motifs is 1. The summed E-state index contributed by atoms with van der Waals surface area (Å²) in [7, 11) is 0. The molecule has 4 rings (SSSR count). The van der Waals surface area contributed by atoms with Crippen LogP contribution in [0.15, 0.2) is 62.6 Å². The van der Waals surface area contributed by atoms with Crippen LogP contribution in [0.3, 0.4) is 0 Å². The third-order valence-corrected chi connectivity index (χ3v) is 5.69. The normalized spacial score (nSPS) is 15.2. The fourth-order valence-electron chi connectivity index (χ4n) is 3.24. The van der Waals surface area contributed by atoms with Crippen molar-refractivity contribution in [1.82, 2.24) is 4.90 Å². The van der Waals surface area contributed by atoms with Crippen LogP contribution in [0, 0.1) is 13.8 Å². The maximum Gasteiger partial charge on any atom is 0.343 e. The molecule has 1 aromatic heterocycles. The molecule has 8 heteroatoms. The second-order valence-corrected chi connectivity index (χ2v) is 8.15. The number of rotatable bonds is 4. The summed E-state index contributed by atoms with van der Waals surface area (Å²) >= 11 is 0.682. The second-order valence-electron chi connectivity index (χ2n) is 7.16. The lowest BCUT2D eigenvalue weighted by molar-refractivity contribution is -0.127. The van der Waals surface area contributed by atoms with Gasteiger partial charge in [-0.2, -0.15) is 0 Å². The fraction of sp³-hybridized carbons (Fsp3) is 0.130. The number of aryl methyl sites for hydroxylation is 2. The van der Waals surface area contributed by atoms with Gasteiger partial charge in [-0.15, -0.1) is 0 Å². The highest BCUT2D eigenvalue weighted by Crippen LogP contribution is 2.32. The van der Waals surface area contributed by atoms with Crippen molar-refractivity contribution in [2.45, 2.75) is 13.8 Å². The zero-order valence-corrected chi connectivity index (χ0v) is 17.6. The third kappa shape index (κ3) is 4.29. The number of hydrogen-bond donors (Lipinski definition) is 1. The van der Waals surface area contributed by atoms with Crippen molar-refractivity contribution in [2.24, 2.45) is 0 Å². The van der Waals surface area contributed by atoms with Crippen LogP contribution in [0.2, 0.25) is 0 Å². The Balaban J connectivity index is 1.53. The van der Waals surface area contributed by atoms with E-state index in [1.165, 1.54) is 6.08 Å². The summed E-state index contributed by atoms with van der Waals surface area (Å²) in [6.45, 7) is 3.39. The molecule has 2 heterocycles. The van der Waals surface area contributed by atoms with E-state index in [0.29, 0.717) is 28.4 Å². The number of para-hydroxylation sites is 1. The molecule has 1 aliphatic rings. The Morgan fingerprint density at radius 1 is 1.10 bits per heavy atom. The summed E-state index contributed by atoms with van der Waals surface area (Å²) in [4.78, 5) is 50.6. The number of nitrogens with zero attached hydrogens (tertiary/aromatic N) is 1. The number of carbonyl (C=O) groups is 3. The van der Waals surface area contributed by atoms with Gasteiger partial charge in [0.25, 0.3) is 11.1 Å². The minimum Gasteiger partial charge on any atom is -0.422 e. The Bertz CT molecular complexity index is 1330. The van der Waals surface area contributed by atoms with Crippen LogP contribution >= 0.6 is 11.8 Å². The lowest BCUT2D eigenvalue weighted by atomic mass is 10.1. The number of thioether (sulfide) groups is 1. The van der Waals surface area contributed by atoms with Crippen LogP contribution in [0.25, 0.3) is 17.0 Å². The van der Waals surface area contributed by atoms with Gasteiger partial charge < -0.3 is 9.73 Å². The fourth-order valence-corrected chi connectivity index (χ4v) is 4.07. The molecule has 3 amide bonds. The molecule has 0 radical (unpaired) electrons. The third-order valence-electron chi connectivity index (χ3n) is 4.79. The first-order chi connectivity index (χ1) is 14.8. The second kappa shape index (κ2) is 8.23. The molecule has 0 spiro atoms. The summed E-state index contributed by atoms with van der Waals surface area (Å²) in [5.41, 5.74) is 2.53. The quantitative estimate of drug-likeness (QED) is 0.491. The Kier molecular flexibility index (Phi) is 5.48. The van der Waals surface area contributed by atoms with E-state index in [4.69, 9.17) is 4.42 Å². The number of amides is 3. The van der Waals surface area contributed by atoms with Crippen molar-refractivity contribution < 1.29 is 18.8 Å². The molecule has 1 saturated heterocycles. The Morgan fingerprint density at radius 3 is 2.65 bits per heavy atom. The van der Waals surface area contributed by atoms with Crippen LogP contribution in [0.1, 0.15) is 16.7 Å². The van der Waals surface area contributed by atoms with Crippen molar-refractivity contribution >= 4 is 51.5 Å². The largest absolute Gasteiger partial charge is 0.422 e. The molecule has 1 fully saturated rings. The van der Waals surface area contributed by atoms with Crippen molar-refractivity contribution in [3.05, 3.63) is 80.5 Å². The lowest BCUT2D eigenvalue weighted by Gasteiger charge is -2.13. The number of anilines is 1. The number of carbonyl (C=O) groups excluding carboxylic acids is 3. The maximum absolute atomic E-state index is 12.7. The highest BCUT2D eigenvalue weighted by atomic mass is 32.2. The van der Waals surface area contributed by atoms with Gasteiger partial charge in [-0.3, -0.25) is 19.3 Å². The average Bonchev–Trinajstić information content (AvgIpc) is 2.98. The molecule has 0 bridgehead atoms. The van der Waals surface area contributed by atoms with E-state index in [2.05, 4.69) is 5.32 Å². The molecule has 0 saturated carbocycles. The molecular weight excluding hydrogens is 416 g/mol. The van der Waals surface area contributed by atoms with Gasteiger partial charge in [0.05, 0.1) is 10.5 Å². The first kappa shape index (κ1) is 20.6. The number of hydrogen-bond acceptors (Lipinski definition) is 6. The SMILES string of the molecule is Cc1ccc(NC(=O)CN2C(=O)SC(=Cc3cc4ccccc4oc3=O)C2=O)c(C)c1. The molecule has 1 N–H and O–H groups in total. The van der Waals surface area contributed by atoms with Crippen LogP contribution < -0.4 is 10.9 Å². The van der Waals surface area contributed by atoms with Crippen LogP contribution in [0.4, 0.5) is 10.5 Å². The van der Waals surface area contributed by atoms with Crippen LogP contribution in [-0.2, 0) is 9.59 Å². The summed E-state index contributed by atoms with van der Waals surface area (Å²) in [5, 5.41) is 2.84. The summed E-state index contributed by atoms with van der Waals surface area (Å²) in [6.07, 6.45) is 1.32. The van der Waals surface area contributed by atoms with E-state index >= 15 is 0 Å². The van der Waals surface area contributed by atoms with Crippen molar-refractivity contribution in [3.63, 3.8) is 0 Å². The molecule has 156 valence electrons. The van der Waals surface area contributed by atoms with Gasteiger partial charge in [0, 0.05) is 11.1 Å². The first-order valence-electron chi connectivity index (χ1n) is 9.47. The molecule has 0 atom stereocenters. The predicted octanol–water partition coefficient (Wildman–Crippen LogP) is 4.08. The molecule has 1 aliphatic heterocycles. The van der Waals surface area contributed by atoms with Gasteiger partial charge in [-0.1, -0.05) is 35.9 Å². The van der Waals surface area contributed by atoms with Gasteiger partial charge in [0.1, 0.15) is 12.1 Å². The minimum absolute atomic E-state index is 0.0619. The number of benzene rings is 2. The smallest absolute Gasteiger partial charge is 0.343 e. The molecule has 3 aromatic rings. The van der Waals surface area contributed by atoms with Gasteiger partial charge in [-0.25, -0.2) is 4.79 Å². The van der Waals surface area contributed by atoms with E-state index in [-0.39, 0.29) is 10.5 Å². The average molecular weight is 434 g/mol. The molecule has 31 heavy (non-hydrogen) atoms. The Labute approximate surface area is 181 Å². The maximum atomic E-state index is 12.7. The lowest BCUT2D eigenvalue weighted by Crippen LogP contribution is -2.36. The molecule has 7 nitrogen and oxygen atoms in total. The Hall–Kier alpha value is -3.65. The standard InChI is InChI=1S/C23H18N2O5S/c1-13-7-8-17(14(2)9-13)24-20(26)12-25-21(27)19(31-23(25)29)11-16-10-15-5-3-4-6-18(15)30-22(16)28/h3-11H,12H2,1-2H3,(H,24,26). The molecule has 2 aromatic carbocycles. The summed E-state index contributed by atoms with van der Waals surface area (Å²) in [6, 6.07) is 14.2. The minimum atomic E-state index is -0.627. The van der Waals surface area contributed by atoms with E-state index < -0.39 is 29.2 Å². The first-order valence-corrected chi connectivity index (χ1v) is 10.3. The van der Waals surface area contributed by atoms with Crippen molar-refractivity contribution in [2.75, 3.05) is 11.9 Å². The summed E-state index contributed by atoms with van der Waals surface area (Å²) < 4.78 is 5.26. The van der Waals surface area contributed by atoms with E-state index in [9.17, 15) is 19.2 Å². The Morgan fingerprint density at radius 2 is 1.87 bits per heavy atom. The van der Waals surface area contributed by atoms with Crippen molar-refractivity contribution in [1.29, 1.82) is 0 Å². The van der Waals surface area contributed by atoms with Gasteiger partial charge in [0.15, 0.2) is 0 Å². The van der Waals surface area contributed by atoms with Crippen molar-refractivity contribution in [3.8, 4) is 0 Å². The number of imide groups is 1. The molecule has 0 aliphatic carbocycles. The van der Waals surface area contributed by atoms with Gasteiger partial charge in [-0.05, 0) is 55.4 Å². The van der Waals surface area contributed by atoms with E-state index in [0.717, 1.165) is 16.0 Å². The zero-order chi connectivity index (χ0) is 22.1. The summed E-state index contributed by atoms with van der Waals surface area (Å²) in [5.74, 6) is -1.11. The predicted molar refractivity (Wildman–Crippen MR) is 120 cm³/mol. The van der Waals surface area contributed by atoms with E-state index in [1.54, 1.807) is 36.4 Å². The highest BCUT2D eigenvalue weighted by molar-refractivity contribution is 8.18. The van der Waals surface area contributed by atoms with Crippen LogP contribution in [0.5, 0.6) is 0 Å². The molecule has 0 unspecified atom stereocenters. The van der Waals surface area contributed by atoms with E-state index in [1.807, 2.05) is 26.0 Å². The molecular formula is C23H18N2O5S. The topological polar surface area (TPSA) is 96.7 Å². The zero-order valence-electron chi connectivity index (χ0n) is 16.8. The van der Waals surface area contributed by atoms with Gasteiger partial charge in [0.2, 0.25) is 5.91 Å². The highest BCUT2D eigenvalue weighted by Gasteiger charge is 2.36. The van der Waals surface area contributed by atoms with Crippen LogP contribution in [-0.4, -0.2) is 28.5 Å².